The van der Waals surface area contributed by atoms with Gasteiger partial charge in [-0.2, -0.15) is 4.98 Å². The van der Waals surface area contributed by atoms with Crippen LogP contribution in [0.2, 0.25) is 0 Å². The number of hydrogen-bond donors (Lipinski definition) is 1. The minimum Gasteiger partial charge on any atom is -0.393 e. The predicted molar refractivity (Wildman–Crippen MR) is 69.2 cm³/mol. The number of benzene rings is 1. The number of hydrogen-bond acceptors (Lipinski definition) is 4. The standard InChI is InChI=1S/C13H13BrN2O2/c14-11-4-2-1-3-8(11)7-12-15-13(18-16-12)9-5-10(17)6-9/h1-4,9-10,17H,5-7H2. The first kappa shape index (κ1) is 11.9. The van der Waals surface area contributed by atoms with E-state index in [1.165, 1.54) is 0 Å². The largest absolute Gasteiger partial charge is 0.393 e. The Morgan fingerprint density at radius 2 is 2.11 bits per heavy atom. The van der Waals surface area contributed by atoms with Crippen molar-refractivity contribution >= 4 is 15.9 Å². The van der Waals surface area contributed by atoms with Crippen LogP contribution in [-0.4, -0.2) is 21.4 Å². The first-order valence-electron chi connectivity index (χ1n) is 5.96. The maximum atomic E-state index is 9.26. The van der Waals surface area contributed by atoms with Crippen LogP contribution in [0, 0.1) is 0 Å². The second-order valence-electron chi connectivity index (χ2n) is 4.64. The molecule has 0 amide bonds. The highest BCUT2D eigenvalue weighted by atomic mass is 79.9. The lowest BCUT2D eigenvalue weighted by atomic mass is 9.82. The second-order valence-corrected chi connectivity index (χ2v) is 5.49. The molecule has 0 bridgehead atoms. The molecule has 4 nitrogen and oxygen atoms in total. The summed E-state index contributed by atoms with van der Waals surface area (Å²) < 4.78 is 6.29. The number of rotatable bonds is 3. The van der Waals surface area contributed by atoms with Gasteiger partial charge in [-0.1, -0.05) is 39.3 Å². The van der Waals surface area contributed by atoms with Crippen molar-refractivity contribution in [1.82, 2.24) is 10.1 Å². The van der Waals surface area contributed by atoms with E-state index in [4.69, 9.17) is 4.52 Å². The van der Waals surface area contributed by atoms with Crippen LogP contribution in [0.5, 0.6) is 0 Å². The molecule has 0 radical (unpaired) electrons. The molecule has 0 spiro atoms. The summed E-state index contributed by atoms with van der Waals surface area (Å²) >= 11 is 3.50. The van der Waals surface area contributed by atoms with Crippen molar-refractivity contribution in [2.75, 3.05) is 0 Å². The van der Waals surface area contributed by atoms with Crippen molar-refractivity contribution in [1.29, 1.82) is 0 Å². The lowest BCUT2D eigenvalue weighted by Crippen LogP contribution is -2.26. The quantitative estimate of drug-likeness (QED) is 0.947. The highest BCUT2D eigenvalue weighted by Gasteiger charge is 2.32. The van der Waals surface area contributed by atoms with Crippen LogP contribution < -0.4 is 0 Å². The summed E-state index contributed by atoms with van der Waals surface area (Å²) in [4.78, 5) is 4.39. The normalized spacial score (nSPS) is 22.8. The number of aromatic nitrogens is 2. The summed E-state index contributed by atoms with van der Waals surface area (Å²) in [6.07, 6.45) is 1.92. The molecule has 0 saturated heterocycles. The van der Waals surface area contributed by atoms with Gasteiger partial charge < -0.3 is 9.63 Å². The monoisotopic (exact) mass is 308 g/mol. The molecule has 94 valence electrons. The smallest absolute Gasteiger partial charge is 0.229 e. The van der Waals surface area contributed by atoms with Gasteiger partial charge in [-0.15, -0.1) is 0 Å². The summed E-state index contributed by atoms with van der Waals surface area (Å²) in [5.74, 6) is 1.58. The highest BCUT2D eigenvalue weighted by molar-refractivity contribution is 9.10. The Morgan fingerprint density at radius 1 is 1.33 bits per heavy atom. The fraction of sp³-hybridized carbons (Fsp3) is 0.385. The fourth-order valence-electron chi connectivity index (χ4n) is 2.11. The Morgan fingerprint density at radius 3 is 2.83 bits per heavy atom. The predicted octanol–water partition coefficient (Wildman–Crippen LogP) is 2.66. The van der Waals surface area contributed by atoms with Gasteiger partial charge in [-0.25, -0.2) is 0 Å². The van der Waals surface area contributed by atoms with Gasteiger partial charge in [0.2, 0.25) is 5.89 Å². The van der Waals surface area contributed by atoms with E-state index in [0.29, 0.717) is 18.1 Å². The molecule has 1 heterocycles. The van der Waals surface area contributed by atoms with E-state index in [2.05, 4.69) is 26.1 Å². The maximum Gasteiger partial charge on any atom is 0.229 e. The molecule has 1 N–H and O–H groups in total. The van der Waals surface area contributed by atoms with Crippen molar-refractivity contribution in [2.24, 2.45) is 0 Å². The van der Waals surface area contributed by atoms with Crippen molar-refractivity contribution in [3.63, 3.8) is 0 Å². The van der Waals surface area contributed by atoms with Crippen LogP contribution in [0.3, 0.4) is 0 Å². The van der Waals surface area contributed by atoms with E-state index in [1.807, 2.05) is 24.3 Å². The Kier molecular flexibility index (Phi) is 3.18. The Hall–Kier alpha value is -1.20. The average Bonchev–Trinajstić information content (AvgIpc) is 2.76. The number of nitrogens with zero attached hydrogens (tertiary/aromatic N) is 2. The first-order valence-corrected chi connectivity index (χ1v) is 6.75. The Labute approximate surface area is 113 Å². The third kappa shape index (κ3) is 2.33. The number of aliphatic hydroxyl groups is 1. The molecule has 1 aliphatic carbocycles. The highest BCUT2D eigenvalue weighted by Crippen LogP contribution is 2.35. The molecule has 18 heavy (non-hydrogen) atoms. The molecule has 0 unspecified atom stereocenters. The van der Waals surface area contributed by atoms with Gasteiger partial charge in [0.25, 0.3) is 0 Å². The van der Waals surface area contributed by atoms with E-state index in [0.717, 1.165) is 22.9 Å². The average molecular weight is 309 g/mol. The van der Waals surface area contributed by atoms with Crippen LogP contribution in [0.1, 0.15) is 36.0 Å². The third-order valence-corrected chi connectivity index (χ3v) is 4.03. The van der Waals surface area contributed by atoms with Crippen LogP contribution in [0.25, 0.3) is 0 Å². The lowest BCUT2D eigenvalue weighted by Gasteiger charge is -2.27. The van der Waals surface area contributed by atoms with Gasteiger partial charge >= 0.3 is 0 Å². The summed E-state index contributed by atoms with van der Waals surface area (Å²) in [6.45, 7) is 0. The molecular weight excluding hydrogens is 296 g/mol. The molecule has 5 heteroatoms. The van der Waals surface area contributed by atoms with Gasteiger partial charge in [0.05, 0.1) is 6.10 Å². The van der Waals surface area contributed by atoms with Crippen molar-refractivity contribution in [3.8, 4) is 0 Å². The zero-order valence-electron chi connectivity index (χ0n) is 9.71. The van der Waals surface area contributed by atoms with Crippen molar-refractivity contribution < 1.29 is 9.63 Å². The van der Waals surface area contributed by atoms with Crippen LogP contribution in [0.4, 0.5) is 0 Å². The summed E-state index contributed by atoms with van der Waals surface area (Å²) in [7, 11) is 0. The lowest BCUT2D eigenvalue weighted by molar-refractivity contribution is 0.0625. The summed E-state index contributed by atoms with van der Waals surface area (Å²) in [5, 5.41) is 13.3. The van der Waals surface area contributed by atoms with Crippen LogP contribution >= 0.6 is 15.9 Å². The van der Waals surface area contributed by atoms with E-state index >= 15 is 0 Å². The van der Waals surface area contributed by atoms with Crippen LogP contribution in [-0.2, 0) is 6.42 Å². The van der Waals surface area contributed by atoms with E-state index in [9.17, 15) is 5.11 Å². The second kappa shape index (κ2) is 4.82. The Bertz CT molecular complexity index is 549. The molecule has 1 saturated carbocycles. The topological polar surface area (TPSA) is 59.2 Å². The number of halogens is 1. The molecule has 2 aromatic rings. The molecule has 1 fully saturated rings. The van der Waals surface area contributed by atoms with Gasteiger partial charge in [-0.05, 0) is 24.5 Å². The van der Waals surface area contributed by atoms with E-state index < -0.39 is 0 Å². The van der Waals surface area contributed by atoms with Gasteiger partial charge in [0.15, 0.2) is 5.82 Å². The van der Waals surface area contributed by atoms with Crippen LogP contribution in [0.15, 0.2) is 33.3 Å². The first-order chi connectivity index (χ1) is 8.72. The Balaban J connectivity index is 1.72. The van der Waals surface area contributed by atoms with Crippen molar-refractivity contribution in [2.45, 2.75) is 31.3 Å². The summed E-state index contributed by atoms with van der Waals surface area (Å²) in [6, 6.07) is 8.00. The zero-order valence-corrected chi connectivity index (χ0v) is 11.3. The molecule has 1 aliphatic rings. The third-order valence-electron chi connectivity index (χ3n) is 3.25. The molecule has 1 aromatic heterocycles. The van der Waals surface area contributed by atoms with Gasteiger partial charge in [-0.3, -0.25) is 0 Å². The van der Waals surface area contributed by atoms with Gasteiger partial charge in [0.1, 0.15) is 0 Å². The minimum absolute atomic E-state index is 0.200. The summed E-state index contributed by atoms with van der Waals surface area (Å²) in [5.41, 5.74) is 1.14. The van der Waals surface area contributed by atoms with E-state index in [1.54, 1.807) is 0 Å². The molecular formula is C13H13BrN2O2. The zero-order chi connectivity index (χ0) is 12.5. The van der Waals surface area contributed by atoms with E-state index in [-0.39, 0.29) is 12.0 Å². The molecule has 3 rings (SSSR count). The SMILES string of the molecule is OC1CC(c2nc(Cc3ccccc3Br)no2)C1. The fourth-order valence-corrected chi connectivity index (χ4v) is 2.53. The van der Waals surface area contributed by atoms with Crippen molar-refractivity contribution in [3.05, 3.63) is 46.0 Å². The maximum absolute atomic E-state index is 9.26. The minimum atomic E-state index is -0.200. The molecule has 0 atom stereocenters. The molecule has 1 aromatic carbocycles. The molecule has 0 aliphatic heterocycles. The van der Waals surface area contributed by atoms with Gasteiger partial charge in [0, 0.05) is 16.8 Å². The number of aliphatic hydroxyl groups excluding tert-OH is 1.